The minimum Gasteiger partial charge on any atom is -0.481 e. The summed E-state index contributed by atoms with van der Waals surface area (Å²) in [6.45, 7) is 17.2. The second kappa shape index (κ2) is 21.7. The van der Waals surface area contributed by atoms with Gasteiger partial charge in [-0.3, -0.25) is 4.79 Å². The summed E-state index contributed by atoms with van der Waals surface area (Å²) < 4.78 is 1.42. The first kappa shape index (κ1) is 28.6. The molecular weight excluding hydrogens is 334 g/mol. The minimum absolute atomic E-state index is 0.337. The standard InChI is InChI=1S/C16H36N.C8H16O2/c1-5-9-13-17(14-10-6-2,15-11-7-3)16-12-8-4;1-2-3-4-5-6-7-8(9)10/h5-16H2,1-4H3;2-7H2,1H3,(H,9,10)/q+1;. The highest BCUT2D eigenvalue weighted by Gasteiger charge is 2.24. The molecule has 3 nitrogen and oxygen atoms in total. The first-order chi connectivity index (χ1) is 13.0. The van der Waals surface area contributed by atoms with Crippen LogP contribution in [0.15, 0.2) is 0 Å². The van der Waals surface area contributed by atoms with Crippen molar-refractivity contribution in [2.45, 2.75) is 125 Å². The number of hydrogen-bond acceptors (Lipinski definition) is 1. The van der Waals surface area contributed by atoms with Crippen molar-refractivity contribution in [3.05, 3.63) is 0 Å². The summed E-state index contributed by atoms with van der Waals surface area (Å²) in [6, 6.07) is 0. The molecule has 0 aliphatic carbocycles. The highest BCUT2D eigenvalue weighted by atomic mass is 16.4. The van der Waals surface area contributed by atoms with E-state index in [-0.39, 0.29) is 0 Å². The largest absolute Gasteiger partial charge is 0.481 e. The lowest BCUT2D eigenvalue weighted by Crippen LogP contribution is -2.50. The molecule has 0 saturated heterocycles. The molecule has 0 unspecified atom stereocenters. The minimum atomic E-state index is -0.670. The zero-order chi connectivity index (χ0) is 20.8. The summed E-state index contributed by atoms with van der Waals surface area (Å²) >= 11 is 0. The van der Waals surface area contributed by atoms with Crippen LogP contribution in [0.25, 0.3) is 0 Å². The Labute approximate surface area is 171 Å². The van der Waals surface area contributed by atoms with Crippen molar-refractivity contribution in [2.75, 3.05) is 26.2 Å². The molecule has 0 bridgehead atoms. The van der Waals surface area contributed by atoms with Gasteiger partial charge < -0.3 is 9.59 Å². The van der Waals surface area contributed by atoms with E-state index in [2.05, 4.69) is 34.6 Å². The highest BCUT2D eigenvalue weighted by molar-refractivity contribution is 5.66. The third-order valence-electron chi connectivity index (χ3n) is 5.44. The molecule has 0 rings (SSSR count). The van der Waals surface area contributed by atoms with Crippen molar-refractivity contribution in [3.63, 3.8) is 0 Å². The molecule has 0 aromatic heterocycles. The number of quaternary nitrogens is 1. The van der Waals surface area contributed by atoms with Crippen molar-refractivity contribution in [2.24, 2.45) is 0 Å². The lowest BCUT2D eigenvalue weighted by molar-refractivity contribution is -0.929. The average Bonchev–Trinajstić information content (AvgIpc) is 2.67. The molecule has 0 heterocycles. The van der Waals surface area contributed by atoms with Crippen molar-refractivity contribution >= 4 is 5.97 Å². The molecule has 164 valence electrons. The average molecular weight is 387 g/mol. The number of unbranched alkanes of at least 4 members (excludes halogenated alkanes) is 8. The molecule has 0 saturated carbocycles. The fourth-order valence-electron chi connectivity index (χ4n) is 3.52. The fourth-order valence-corrected chi connectivity index (χ4v) is 3.52. The van der Waals surface area contributed by atoms with E-state index < -0.39 is 5.97 Å². The molecule has 3 heteroatoms. The predicted octanol–water partition coefficient (Wildman–Crippen LogP) is 7.44. The van der Waals surface area contributed by atoms with Gasteiger partial charge in [0.2, 0.25) is 0 Å². The second-order valence-corrected chi connectivity index (χ2v) is 8.21. The van der Waals surface area contributed by atoms with Crippen LogP contribution < -0.4 is 0 Å². The molecule has 0 aromatic rings. The third-order valence-corrected chi connectivity index (χ3v) is 5.44. The SMILES string of the molecule is CCCCCCCC(=O)O.CCCC[N+](CCCC)(CCCC)CCCC. The van der Waals surface area contributed by atoms with Gasteiger partial charge in [0.1, 0.15) is 0 Å². The van der Waals surface area contributed by atoms with Crippen LogP contribution in [-0.2, 0) is 4.79 Å². The molecule has 0 fully saturated rings. The maximum Gasteiger partial charge on any atom is 0.303 e. The first-order valence-corrected chi connectivity index (χ1v) is 12.1. The zero-order valence-electron chi connectivity index (χ0n) is 19.5. The molecule has 0 aliphatic heterocycles. The van der Waals surface area contributed by atoms with E-state index in [0.29, 0.717) is 6.42 Å². The van der Waals surface area contributed by atoms with Gasteiger partial charge in [-0.25, -0.2) is 0 Å². The van der Waals surface area contributed by atoms with Crippen LogP contribution in [0.1, 0.15) is 125 Å². The number of hydrogen-bond donors (Lipinski definition) is 1. The maximum atomic E-state index is 10.0. The first-order valence-electron chi connectivity index (χ1n) is 12.1. The van der Waals surface area contributed by atoms with Crippen LogP contribution in [-0.4, -0.2) is 41.7 Å². The van der Waals surface area contributed by atoms with Gasteiger partial charge in [0.15, 0.2) is 0 Å². The number of carboxylic acids is 1. The van der Waals surface area contributed by atoms with Crippen molar-refractivity contribution in [1.29, 1.82) is 0 Å². The van der Waals surface area contributed by atoms with Crippen molar-refractivity contribution < 1.29 is 14.4 Å². The van der Waals surface area contributed by atoms with Gasteiger partial charge in [0, 0.05) is 6.42 Å². The van der Waals surface area contributed by atoms with Crippen LogP contribution in [0.5, 0.6) is 0 Å². The molecule has 0 radical (unpaired) electrons. The molecule has 0 aliphatic rings. The quantitative estimate of drug-likeness (QED) is 0.196. The van der Waals surface area contributed by atoms with Gasteiger partial charge in [-0.05, 0) is 32.1 Å². The van der Waals surface area contributed by atoms with E-state index >= 15 is 0 Å². The Hall–Kier alpha value is -0.570. The Morgan fingerprint density at radius 2 is 0.889 bits per heavy atom. The molecule has 27 heavy (non-hydrogen) atoms. The predicted molar refractivity (Wildman–Crippen MR) is 120 cm³/mol. The summed E-state index contributed by atoms with van der Waals surface area (Å²) in [4.78, 5) is 10.0. The van der Waals surface area contributed by atoms with Crippen LogP contribution in [0.2, 0.25) is 0 Å². The summed E-state index contributed by atoms with van der Waals surface area (Å²) in [6.07, 6.45) is 16.9. The lowest BCUT2D eigenvalue weighted by Gasteiger charge is -2.39. The molecule has 0 amide bonds. The Morgan fingerprint density at radius 1 is 0.556 bits per heavy atom. The highest BCUT2D eigenvalue weighted by Crippen LogP contribution is 2.16. The number of rotatable bonds is 18. The van der Waals surface area contributed by atoms with Gasteiger partial charge in [-0.1, -0.05) is 86.0 Å². The summed E-state index contributed by atoms with van der Waals surface area (Å²) in [5, 5.41) is 8.27. The van der Waals surface area contributed by atoms with Gasteiger partial charge in [-0.15, -0.1) is 0 Å². The monoisotopic (exact) mass is 386 g/mol. The Balaban J connectivity index is 0. The van der Waals surface area contributed by atoms with Crippen LogP contribution in [0.4, 0.5) is 0 Å². The summed E-state index contributed by atoms with van der Waals surface area (Å²) in [5.41, 5.74) is 0. The van der Waals surface area contributed by atoms with Crippen LogP contribution in [0.3, 0.4) is 0 Å². The van der Waals surface area contributed by atoms with Gasteiger partial charge in [0.25, 0.3) is 0 Å². The Kier molecular flexibility index (Phi) is 23.0. The molecule has 1 N–H and O–H groups in total. The van der Waals surface area contributed by atoms with Crippen LogP contribution >= 0.6 is 0 Å². The van der Waals surface area contributed by atoms with Crippen LogP contribution in [0, 0.1) is 0 Å². The normalized spacial score (nSPS) is 11.1. The summed E-state index contributed by atoms with van der Waals surface area (Å²) in [7, 11) is 0. The van der Waals surface area contributed by atoms with E-state index in [1.807, 2.05) is 0 Å². The third kappa shape index (κ3) is 20.0. The Morgan fingerprint density at radius 3 is 1.19 bits per heavy atom. The van der Waals surface area contributed by atoms with E-state index in [4.69, 9.17) is 5.11 Å². The van der Waals surface area contributed by atoms with Crippen molar-refractivity contribution in [3.8, 4) is 0 Å². The van der Waals surface area contributed by atoms with E-state index in [1.165, 1.54) is 101 Å². The molecule has 0 atom stereocenters. The Bertz CT molecular complexity index is 267. The fraction of sp³-hybridized carbons (Fsp3) is 0.958. The van der Waals surface area contributed by atoms with Gasteiger partial charge in [0.05, 0.1) is 26.2 Å². The van der Waals surface area contributed by atoms with Gasteiger partial charge >= 0.3 is 5.97 Å². The number of carboxylic acid groups (broad SMARTS) is 1. The number of nitrogens with zero attached hydrogens (tertiary/aromatic N) is 1. The smallest absolute Gasteiger partial charge is 0.303 e. The molecular formula is C24H52NO2+. The van der Waals surface area contributed by atoms with E-state index in [9.17, 15) is 4.79 Å². The maximum absolute atomic E-state index is 10.0. The summed E-state index contributed by atoms with van der Waals surface area (Å²) in [5.74, 6) is -0.670. The number of aliphatic carboxylic acids is 1. The zero-order valence-corrected chi connectivity index (χ0v) is 19.5. The molecule has 0 spiro atoms. The second-order valence-electron chi connectivity index (χ2n) is 8.21. The number of carbonyl (C=O) groups is 1. The lowest BCUT2D eigenvalue weighted by atomic mass is 10.1. The van der Waals surface area contributed by atoms with E-state index in [1.54, 1.807) is 0 Å². The van der Waals surface area contributed by atoms with Crippen molar-refractivity contribution in [1.82, 2.24) is 0 Å². The van der Waals surface area contributed by atoms with E-state index in [0.717, 1.165) is 12.8 Å². The topological polar surface area (TPSA) is 37.3 Å². The van der Waals surface area contributed by atoms with Gasteiger partial charge in [-0.2, -0.15) is 0 Å². The molecule has 0 aromatic carbocycles.